The summed E-state index contributed by atoms with van der Waals surface area (Å²) in [4.78, 5) is 21.9. The van der Waals surface area contributed by atoms with Gasteiger partial charge < -0.3 is 13.9 Å². The molecule has 0 N–H and O–H groups in total. The molecule has 28 heavy (non-hydrogen) atoms. The fraction of sp³-hybridized carbons (Fsp3) is 0.364. The summed E-state index contributed by atoms with van der Waals surface area (Å²) in [5.41, 5.74) is 5.66. The SMILES string of the molecule is Cc1ccccc1CN1CCn2c1nc(=O)c1c2CCN(Cc2ccoc2)C1. The van der Waals surface area contributed by atoms with E-state index in [1.54, 1.807) is 12.5 Å². The topological polar surface area (TPSA) is 54.5 Å². The summed E-state index contributed by atoms with van der Waals surface area (Å²) in [6, 6.07) is 10.4. The van der Waals surface area contributed by atoms with Crippen LogP contribution in [0.5, 0.6) is 0 Å². The lowest BCUT2D eigenvalue weighted by molar-refractivity contribution is 0.238. The van der Waals surface area contributed by atoms with Gasteiger partial charge in [-0.2, -0.15) is 4.98 Å². The number of nitrogens with zero attached hydrogens (tertiary/aromatic N) is 4. The smallest absolute Gasteiger partial charge is 0.279 e. The maximum atomic E-state index is 12.8. The van der Waals surface area contributed by atoms with Crippen LogP contribution < -0.4 is 10.5 Å². The van der Waals surface area contributed by atoms with Crippen molar-refractivity contribution in [3.63, 3.8) is 0 Å². The molecule has 0 fully saturated rings. The van der Waals surface area contributed by atoms with Gasteiger partial charge in [-0.3, -0.25) is 9.69 Å². The van der Waals surface area contributed by atoms with E-state index in [0.29, 0.717) is 6.54 Å². The van der Waals surface area contributed by atoms with E-state index < -0.39 is 0 Å². The van der Waals surface area contributed by atoms with Crippen LogP contribution in [0.2, 0.25) is 0 Å². The minimum atomic E-state index is -0.0742. The zero-order valence-electron chi connectivity index (χ0n) is 16.1. The molecule has 0 atom stereocenters. The van der Waals surface area contributed by atoms with Crippen LogP contribution in [0.4, 0.5) is 5.95 Å². The molecule has 2 aliphatic rings. The lowest BCUT2D eigenvalue weighted by Gasteiger charge is -2.29. The van der Waals surface area contributed by atoms with Crippen LogP contribution >= 0.6 is 0 Å². The first kappa shape index (κ1) is 17.3. The summed E-state index contributed by atoms with van der Waals surface area (Å²) in [5.74, 6) is 0.829. The number of aromatic nitrogens is 2. The molecule has 0 bridgehead atoms. The number of benzene rings is 1. The molecule has 2 aliphatic heterocycles. The van der Waals surface area contributed by atoms with Crippen molar-refractivity contribution in [1.29, 1.82) is 0 Å². The Morgan fingerprint density at radius 1 is 1.11 bits per heavy atom. The second-order valence-corrected chi connectivity index (χ2v) is 7.73. The maximum absolute atomic E-state index is 12.8. The highest BCUT2D eigenvalue weighted by Gasteiger charge is 2.29. The highest BCUT2D eigenvalue weighted by Crippen LogP contribution is 2.27. The minimum Gasteiger partial charge on any atom is -0.472 e. The van der Waals surface area contributed by atoms with Crippen LogP contribution in [0, 0.1) is 6.92 Å². The van der Waals surface area contributed by atoms with Gasteiger partial charge in [0.1, 0.15) is 0 Å². The van der Waals surface area contributed by atoms with Crippen molar-refractivity contribution in [2.45, 2.75) is 39.5 Å². The number of furan rings is 1. The molecule has 0 unspecified atom stereocenters. The molecule has 0 radical (unpaired) electrons. The molecule has 0 aliphatic carbocycles. The second kappa shape index (κ2) is 6.95. The van der Waals surface area contributed by atoms with Gasteiger partial charge >= 0.3 is 0 Å². The third kappa shape index (κ3) is 3.03. The summed E-state index contributed by atoms with van der Waals surface area (Å²) >= 11 is 0. The number of hydrogen-bond acceptors (Lipinski definition) is 5. The van der Waals surface area contributed by atoms with Crippen LogP contribution in [-0.2, 0) is 32.6 Å². The lowest BCUT2D eigenvalue weighted by atomic mass is 10.1. The largest absolute Gasteiger partial charge is 0.472 e. The molecule has 6 heteroatoms. The Labute approximate surface area is 164 Å². The first-order valence-electron chi connectivity index (χ1n) is 9.84. The quantitative estimate of drug-likeness (QED) is 0.701. The summed E-state index contributed by atoms with van der Waals surface area (Å²) in [6.07, 6.45) is 4.35. The molecule has 5 rings (SSSR count). The Bertz CT molecular complexity index is 1050. The summed E-state index contributed by atoms with van der Waals surface area (Å²) < 4.78 is 7.44. The van der Waals surface area contributed by atoms with Crippen molar-refractivity contribution in [2.75, 3.05) is 18.0 Å². The normalized spacial score (nSPS) is 16.2. The predicted molar refractivity (Wildman–Crippen MR) is 107 cm³/mol. The van der Waals surface area contributed by atoms with Gasteiger partial charge in [0.15, 0.2) is 0 Å². The molecular formula is C22H24N4O2. The molecule has 3 aromatic rings. The van der Waals surface area contributed by atoms with Gasteiger partial charge in [-0.25, -0.2) is 0 Å². The van der Waals surface area contributed by atoms with E-state index >= 15 is 0 Å². The van der Waals surface area contributed by atoms with E-state index in [2.05, 4.69) is 50.5 Å². The van der Waals surface area contributed by atoms with Crippen molar-refractivity contribution in [2.24, 2.45) is 0 Å². The van der Waals surface area contributed by atoms with Crippen molar-refractivity contribution in [1.82, 2.24) is 14.5 Å². The number of anilines is 1. The fourth-order valence-electron chi connectivity index (χ4n) is 4.35. The molecule has 1 aromatic carbocycles. The molecule has 2 aromatic heterocycles. The first-order valence-corrected chi connectivity index (χ1v) is 9.84. The number of hydrogen-bond donors (Lipinski definition) is 0. The zero-order valence-corrected chi connectivity index (χ0v) is 16.1. The van der Waals surface area contributed by atoms with Crippen molar-refractivity contribution in [3.05, 3.63) is 81.2 Å². The molecule has 4 heterocycles. The average Bonchev–Trinajstić information content (AvgIpc) is 3.34. The van der Waals surface area contributed by atoms with Gasteiger partial charge in [-0.1, -0.05) is 24.3 Å². The number of fused-ring (bicyclic) bond motifs is 3. The van der Waals surface area contributed by atoms with E-state index in [9.17, 15) is 4.79 Å². The molecule has 144 valence electrons. The molecule has 0 saturated heterocycles. The highest BCUT2D eigenvalue weighted by atomic mass is 16.3. The van der Waals surface area contributed by atoms with Crippen LogP contribution in [0.1, 0.15) is 27.9 Å². The van der Waals surface area contributed by atoms with E-state index in [4.69, 9.17) is 4.42 Å². The van der Waals surface area contributed by atoms with Crippen LogP contribution in [0.15, 0.2) is 52.1 Å². The van der Waals surface area contributed by atoms with E-state index in [-0.39, 0.29) is 5.56 Å². The second-order valence-electron chi connectivity index (χ2n) is 7.73. The van der Waals surface area contributed by atoms with E-state index in [0.717, 1.165) is 56.2 Å². The monoisotopic (exact) mass is 376 g/mol. The van der Waals surface area contributed by atoms with Gasteiger partial charge in [0.05, 0.1) is 18.1 Å². The minimum absolute atomic E-state index is 0.0742. The van der Waals surface area contributed by atoms with Crippen molar-refractivity contribution >= 4 is 5.95 Å². The summed E-state index contributed by atoms with van der Waals surface area (Å²) in [7, 11) is 0. The third-order valence-corrected chi connectivity index (χ3v) is 5.91. The molecular weight excluding hydrogens is 352 g/mol. The van der Waals surface area contributed by atoms with Gasteiger partial charge in [-0.15, -0.1) is 0 Å². The Kier molecular flexibility index (Phi) is 4.28. The van der Waals surface area contributed by atoms with Crippen molar-refractivity contribution < 1.29 is 4.42 Å². The van der Waals surface area contributed by atoms with Crippen LogP contribution in [-0.4, -0.2) is 27.5 Å². The standard InChI is InChI=1S/C22H24N4O2/c1-16-4-2-3-5-18(16)13-25-9-10-26-20-6-8-24(12-17-7-11-28-15-17)14-19(20)21(27)23-22(25)26/h2-5,7,11,15H,6,8-10,12-14H2,1H3. The Hall–Kier alpha value is -2.86. The van der Waals surface area contributed by atoms with Gasteiger partial charge in [0, 0.05) is 56.9 Å². The van der Waals surface area contributed by atoms with Crippen LogP contribution in [0.25, 0.3) is 0 Å². The Balaban J connectivity index is 1.41. The first-order chi connectivity index (χ1) is 13.7. The number of rotatable bonds is 4. The maximum Gasteiger partial charge on any atom is 0.279 e. The fourth-order valence-corrected chi connectivity index (χ4v) is 4.35. The van der Waals surface area contributed by atoms with E-state index in [1.807, 2.05) is 6.07 Å². The summed E-state index contributed by atoms with van der Waals surface area (Å²) in [6.45, 7) is 7.13. The summed E-state index contributed by atoms with van der Waals surface area (Å²) in [5, 5.41) is 0. The number of aryl methyl sites for hydroxylation is 1. The molecule has 0 spiro atoms. The Morgan fingerprint density at radius 3 is 2.82 bits per heavy atom. The predicted octanol–water partition coefficient (Wildman–Crippen LogP) is 2.72. The van der Waals surface area contributed by atoms with E-state index in [1.165, 1.54) is 16.8 Å². The molecule has 6 nitrogen and oxygen atoms in total. The third-order valence-electron chi connectivity index (χ3n) is 5.91. The lowest BCUT2D eigenvalue weighted by Crippen LogP contribution is -2.37. The Morgan fingerprint density at radius 2 is 2.00 bits per heavy atom. The van der Waals surface area contributed by atoms with Crippen molar-refractivity contribution in [3.8, 4) is 0 Å². The highest BCUT2D eigenvalue weighted by molar-refractivity contribution is 5.42. The van der Waals surface area contributed by atoms with Gasteiger partial charge in [-0.05, 0) is 24.1 Å². The average molecular weight is 376 g/mol. The zero-order chi connectivity index (χ0) is 19.1. The van der Waals surface area contributed by atoms with Gasteiger partial charge in [0.2, 0.25) is 5.95 Å². The molecule has 0 saturated carbocycles. The molecule has 0 amide bonds. The van der Waals surface area contributed by atoms with Gasteiger partial charge in [0.25, 0.3) is 5.56 Å². The van der Waals surface area contributed by atoms with Crippen LogP contribution in [0.3, 0.4) is 0 Å².